The standard InChI is InChI=1S/C15H15NO4/c17-14(16-8-4-3-6-12(16)15(18)19)11-9-20-13-7-2-1-5-10(11)13/h1-2,5,7,9,12H,3-4,6,8H2,(H,18,19). The van der Waals surface area contributed by atoms with Crippen LogP contribution in [0.3, 0.4) is 0 Å². The third kappa shape index (κ3) is 2.05. The number of hydrogen-bond donors (Lipinski definition) is 1. The number of piperidine rings is 1. The fraction of sp³-hybridized carbons (Fsp3) is 0.333. The molecule has 1 fully saturated rings. The van der Waals surface area contributed by atoms with E-state index in [1.807, 2.05) is 18.2 Å². The number of nitrogens with zero attached hydrogens (tertiary/aromatic N) is 1. The fourth-order valence-electron chi connectivity index (χ4n) is 2.73. The number of aliphatic carboxylic acids is 1. The monoisotopic (exact) mass is 273 g/mol. The predicted molar refractivity (Wildman–Crippen MR) is 72.5 cm³/mol. The number of benzene rings is 1. The molecule has 2 heterocycles. The number of hydrogen-bond acceptors (Lipinski definition) is 3. The quantitative estimate of drug-likeness (QED) is 0.912. The summed E-state index contributed by atoms with van der Waals surface area (Å²) in [6.07, 6.45) is 3.61. The molecule has 1 N–H and O–H groups in total. The highest BCUT2D eigenvalue weighted by molar-refractivity contribution is 6.06. The number of carbonyl (C=O) groups excluding carboxylic acids is 1. The summed E-state index contributed by atoms with van der Waals surface area (Å²) < 4.78 is 5.36. The van der Waals surface area contributed by atoms with Gasteiger partial charge in [-0.25, -0.2) is 4.79 Å². The molecule has 0 aliphatic carbocycles. The molecule has 104 valence electrons. The van der Waals surface area contributed by atoms with Gasteiger partial charge in [-0.2, -0.15) is 0 Å². The number of furan rings is 1. The van der Waals surface area contributed by atoms with E-state index in [0.717, 1.165) is 18.2 Å². The second kappa shape index (κ2) is 5.00. The Bertz CT molecular complexity index is 661. The number of carbonyl (C=O) groups is 2. The van der Waals surface area contributed by atoms with Crippen LogP contribution >= 0.6 is 0 Å². The smallest absolute Gasteiger partial charge is 0.326 e. The van der Waals surface area contributed by atoms with Gasteiger partial charge in [0.25, 0.3) is 5.91 Å². The van der Waals surface area contributed by atoms with Crippen LogP contribution in [-0.2, 0) is 4.79 Å². The van der Waals surface area contributed by atoms with E-state index in [0.29, 0.717) is 24.1 Å². The van der Waals surface area contributed by atoms with Crippen molar-refractivity contribution in [3.63, 3.8) is 0 Å². The molecule has 0 spiro atoms. The largest absolute Gasteiger partial charge is 0.480 e. The number of fused-ring (bicyclic) bond motifs is 1. The summed E-state index contributed by atoms with van der Waals surface area (Å²) in [7, 11) is 0. The molecule has 0 saturated carbocycles. The van der Waals surface area contributed by atoms with Crippen LogP contribution in [0.4, 0.5) is 0 Å². The summed E-state index contributed by atoms with van der Waals surface area (Å²) in [6.45, 7) is 0.481. The highest BCUT2D eigenvalue weighted by Crippen LogP contribution is 2.25. The third-order valence-corrected chi connectivity index (χ3v) is 3.76. The van der Waals surface area contributed by atoms with E-state index in [-0.39, 0.29) is 5.91 Å². The predicted octanol–water partition coefficient (Wildman–Crippen LogP) is 2.51. The van der Waals surface area contributed by atoms with E-state index in [1.165, 1.54) is 11.2 Å². The maximum Gasteiger partial charge on any atom is 0.326 e. The number of carboxylic acid groups (broad SMARTS) is 1. The molecule has 1 aliphatic rings. The highest BCUT2D eigenvalue weighted by atomic mass is 16.4. The first-order valence-electron chi connectivity index (χ1n) is 6.68. The van der Waals surface area contributed by atoms with Crippen molar-refractivity contribution >= 4 is 22.8 Å². The van der Waals surface area contributed by atoms with Gasteiger partial charge in [-0.1, -0.05) is 18.2 Å². The Morgan fingerprint density at radius 2 is 2.05 bits per heavy atom. The van der Waals surface area contributed by atoms with Crippen molar-refractivity contribution in [3.8, 4) is 0 Å². The van der Waals surface area contributed by atoms with E-state index < -0.39 is 12.0 Å². The van der Waals surface area contributed by atoms with Crippen LogP contribution in [0.25, 0.3) is 11.0 Å². The Morgan fingerprint density at radius 3 is 2.85 bits per heavy atom. The molecule has 5 nitrogen and oxygen atoms in total. The van der Waals surface area contributed by atoms with E-state index >= 15 is 0 Å². The van der Waals surface area contributed by atoms with Gasteiger partial charge in [0.15, 0.2) is 0 Å². The van der Waals surface area contributed by atoms with Crippen molar-refractivity contribution < 1.29 is 19.1 Å². The lowest BCUT2D eigenvalue weighted by atomic mass is 10.0. The lowest BCUT2D eigenvalue weighted by Gasteiger charge is -2.32. The van der Waals surface area contributed by atoms with Gasteiger partial charge in [-0.15, -0.1) is 0 Å². The van der Waals surface area contributed by atoms with Gasteiger partial charge in [-0.3, -0.25) is 4.79 Å². The second-order valence-corrected chi connectivity index (χ2v) is 4.99. The molecule has 0 radical (unpaired) electrons. The van der Waals surface area contributed by atoms with Crippen molar-refractivity contribution in [1.82, 2.24) is 4.90 Å². The van der Waals surface area contributed by atoms with Crippen LogP contribution in [0.15, 0.2) is 34.9 Å². The van der Waals surface area contributed by atoms with Gasteiger partial charge in [0.05, 0.1) is 5.56 Å². The van der Waals surface area contributed by atoms with Crippen LogP contribution in [0.2, 0.25) is 0 Å². The summed E-state index contributed by atoms with van der Waals surface area (Å²) in [4.78, 5) is 25.3. The average Bonchev–Trinajstić information content (AvgIpc) is 2.90. The lowest BCUT2D eigenvalue weighted by molar-refractivity contribution is -0.143. The zero-order chi connectivity index (χ0) is 14.1. The molecule has 1 aliphatic heterocycles. The molecule has 1 saturated heterocycles. The Balaban J connectivity index is 1.96. The van der Waals surface area contributed by atoms with Crippen LogP contribution in [-0.4, -0.2) is 34.5 Å². The van der Waals surface area contributed by atoms with E-state index in [9.17, 15) is 14.7 Å². The first kappa shape index (κ1) is 12.7. The normalized spacial score (nSPS) is 19.2. The van der Waals surface area contributed by atoms with Crippen molar-refractivity contribution in [1.29, 1.82) is 0 Å². The minimum atomic E-state index is -0.939. The minimum Gasteiger partial charge on any atom is -0.480 e. The zero-order valence-electron chi connectivity index (χ0n) is 10.9. The van der Waals surface area contributed by atoms with Gasteiger partial charge < -0.3 is 14.4 Å². The second-order valence-electron chi connectivity index (χ2n) is 4.99. The molecule has 0 bridgehead atoms. The van der Waals surface area contributed by atoms with Crippen LogP contribution in [0.5, 0.6) is 0 Å². The highest BCUT2D eigenvalue weighted by Gasteiger charge is 2.33. The van der Waals surface area contributed by atoms with Crippen molar-refractivity contribution in [2.45, 2.75) is 25.3 Å². The third-order valence-electron chi connectivity index (χ3n) is 3.76. The van der Waals surface area contributed by atoms with Gasteiger partial charge >= 0.3 is 5.97 Å². The Kier molecular flexibility index (Phi) is 3.18. The van der Waals surface area contributed by atoms with E-state index in [1.54, 1.807) is 6.07 Å². The number of likely N-dealkylation sites (tertiary alicyclic amines) is 1. The van der Waals surface area contributed by atoms with Crippen LogP contribution in [0, 0.1) is 0 Å². The number of para-hydroxylation sites is 1. The molecule has 1 aromatic carbocycles. The lowest BCUT2D eigenvalue weighted by Crippen LogP contribution is -2.47. The van der Waals surface area contributed by atoms with E-state index in [4.69, 9.17) is 4.42 Å². The van der Waals surface area contributed by atoms with E-state index in [2.05, 4.69) is 0 Å². The number of amides is 1. The van der Waals surface area contributed by atoms with Crippen LogP contribution < -0.4 is 0 Å². The molecular formula is C15H15NO4. The minimum absolute atomic E-state index is 0.262. The van der Waals surface area contributed by atoms with Gasteiger partial charge in [0, 0.05) is 11.9 Å². The molecule has 1 atom stereocenters. The number of carboxylic acids is 1. The van der Waals surface area contributed by atoms with Gasteiger partial charge in [-0.05, 0) is 25.3 Å². The molecule has 1 aromatic heterocycles. The molecule has 3 rings (SSSR count). The van der Waals surface area contributed by atoms with Crippen molar-refractivity contribution in [2.24, 2.45) is 0 Å². The maximum atomic E-state index is 12.6. The first-order chi connectivity index (χ1) is 9.68. The summed E-state index contributed by atoms with van der Waals surface area (Å²) in [6, 6.07) is 6.54. The average molecular weight is 273 g/mol. The van der Waals surface area contributed by atoms with Gasteiger partial charge in [0.1, 0.15) is 17.9 Å². The molecule has 1 amide bonds. The first-order valence-corrected chi connectivity index (χ1v) is 6.68. The molecular weight excluding hydrogens is 258 g/mol. The summed E-state index contributed by atoms with van der Waals surface area (Å²) in [5.74, 6) is -1.20. The van der Waals surface area contributed by atoms with Crippen LogP contribution in [0.1, 0.15) is 29.6 Å². The fourth-order valence-corrected chi connectivity index (χ4v) is 2.73. The molecule has 2 aromatic rings. The molecule has 5 heteroatoms. The maximum absolute atomic E-state index is 12.6. The van der Waals surface area contributed by atoms with Crippen molar-refractivity contribution in [2.75, 3.05) is 6.54 Å². The number of rotatable bonds is 2. The SMILES string of the molecule is O=C(O)C1CCCCN1C(=O)c1coc2ccccc12. The summed E-state index contributed by atoms with van der Waals surface area (Å²) in [5, 5.41) is 9.98. The molecule has 20 heavy (non-hydrogen) atoms. The Hall–Kier alpha value is -2.30. The Labute approximate surface area is 115 Å². The summed E-state index contributed by atoms with van der Waals surface area (Å²) >= 11 is 0. The topological polar surface area (TPSA) is 70.8 Å². The molecule has 1 unspecified atom stereocenters. The zero-order valence-corrected chi connectivity index (χ0v) is 10.9. The Morgan fingerprint density at radius 1 is 1.25 bits per heavy atom. The summed E-state index contributed by atoms with van der Waals surface area (Å²) in [5.41, 5.74) is 1.08. The van der Waals surface area contributed by atoms with Gasteiger partial charge in [0.2, 0.25) is 0 Å². The van der Waals surface area contributed by atoms with Crippen molar-refractivity contribution in [3.05, 3.63) is 36.1 Å².